The Morgan fingerprint density at radius 2 is 2.00 bits per heavy atom. The van der Waals surface area contributed by atoms with Crippen molar-refractivity contribution < 1.29 is 4.74 Å². The maximum atomic E-state index is 4.96. The lowest BCUT2D eigenvalue weighted by atomic mass is 10.1. The molecule has 0 fully saturated rings. The Hall–Kier alpha value is -0.380. The highest BCUT2D eigenvalue weighted by molar-refractivity contribution is 9.10. The first kappa shape index (κ1) is 13.7. The van der Waals surface area contributed by atoms with Crippen molar-refractivity contribution in [2.24, 2.45) is 0 Å². The van der Waals surface area contributed by atoms with Gasteiger partial charge in [0, 0.05) is 18.1 Å². The van der Waals surface area contributed by atoms with E-state index in [2.05, 4.69) is 45.5 Å². The molecule has 3 heteroatoms. The summed E-state index contributed by atoms with van der Waals surface area (Å²) in [5.41, 5.74) is 1.40. The molecule has 1 N–H and O–H groups in total. The Kier molecular flexibility index (Phi) is 7.47. The number of hydrogen-bond donors (Lipinski definition) is 1. The first-order valence-corrected chi connectivity index (χ1v) is 6.57. The van der Waals surface area contributed by atoms with Crippen LogP contribution in [0.4, 0.5) is 0 Å². The molecule has 0 aliphatic heterocycles. The van der Waals surface area contributed by atoms with E-state index in [1.807, 2.05) is 0 Å². The van der Waals surface area contributed by atoms with E-state index in [-0.39, 0.29) is 0 Å². The number of nitrogens with one attached hydrogen (secondary N) is 1. The van der Waals surface area contributed by atoms with E-state index in [9.17, 15) is 0 Å². The maximum Gasteiger partial charge on any atom is 0.0587 e. The highest BCUT2D eigenvalue weighted by Crippen LogP contribution is 2.17. The highest BCUT2D eigenvalue weighted by Gasteiger charge is 1.97. The smallest absolute Gasteiger partial charge is 0.0587 e. The summed E-state index contributed by atoms with van der Waals surface area (Å²) in [4.78, 5) is 0. The van der Waals surface area contributed by atoms with Crippen molar-refractivity contribution in [1.29, 1.82) is 0 Å². The minimum Gasteiger partial charge on any atom is -0.383 e. The van der Waals surface area contributed by atoms with Gasteiger partial charge in [0.15, 0.2) is 0 Å². The van der Waals surface area contributed by atoms with Crippen LogP contribution >= 0.6 is 15.9 Å². The van der Waals surface area contributed by atoms with Gasteiger partial charge in [-0.25, -0.2) is 0 Å². The van der Waals surface area contributed by atoms with Crippen LogP contribution in [0.1, 0.15) is 18.4 Å². The summed E-state index contributed by atoms with van der Waals surface area (Å²) in [7, 11) is 1.73. The molecule has 16 heavy (non-hydrogen) atoms. The Balaban J connectivity index is 2.05. The maximum absolute atomic E-state index is 4.96. The molecule has 0 unspecified atom stereocenters. The zero-order chi connectivity index (χ0) is 11.6. The van der Waals surface area contributed by atoms with Gasteiger partial charge in [0.25, 0.3) is 0 Å². The van der Waals surface area contributed by atoms with Gasteiger partial charge in [0.2, 0.25) is 0 Å². The van der Waals surface area contributed by atoms with E-state index in [0.717, 1.165) is 26.1 Å². The van der Waals surface area contributed by atoms with Gasteiger partial charge >= 0.3 is 0 Å². The van der Waals surface area contributed by atoms with E-state index in [0.29, 0.717) is 0 Å². The third-order valence-electron chi connectivity index (χ3n) is 2.49. The number of benzene rings is 1. The van der Waals surface area contributed by atoms with Gasteiger partial charge in [-0.05, 0) is 37.4 Å². The molecule has 0 heterocycles. The van der Waals surface area contributed by atoms with E-state index in [1.54, 1.807) is 7.11 Å². The monoisotopic (exact) mass is 285 g/mol. The predicted molar refractivity (Wildman–Crippen MR) is 71.8 cm³/mol. The Morgan fingerprint density at radius 3 is 2.75 bits per heavy atom. The lowest BCUT2D eigenvalue weighted by Crippen LogP contribution is -2.20. The van der Waals surface area contributed by atoms with Crippen molar-refractivity contribution >= 4 is 15.9 Å². The van der Waals surface area contributed by atoms with Crippen LogP contribution in [0.3, 0.4) is 0 Å². The van der Waals surface area contributed by atoms with Gasteiger partial charge in [-0.1, -0.05) is 34.1 Å². The van der Waals surface area contributed by atoms with Gasteiger partial charge in [0.05, 0.1) is 6.61 Å². The highest BCUT2D eigenvalue weighted by atomic mass is 79.9. The second kappa shape index (κ2) is 8.74. The van der Waals surface area contributed by atoms with E-state index < -0.39 is 0 Å². The third kappa shape index (κ3) is 5.64. The number of rotatable bonds is 8. The van der Waals surface area contributed by atoms with Gasteiger partial charge in [0.1, 0.15) is 0 Å². The Bertz CT molecular complexity index is 291. The molecule has 0 aromatic heterocycles. The number of aryl methyl sites for hydroxylation is 1. The first-order valence-electron chi connectivity index (χ1n) is 5.77. The summed E-state index contributed by atoms with van der Waals surface area (Å²) in [6.45, 7) is 2.82. The zero-order valence-corrected chi connectivity index (χ0v) is 11.4. The fourth-order valence-corrected chi connectivity index (χ4v) is 2.05. The Labute approximate surface area is 107 Å². The molecule has 0 bridgehead atoms. The van der Waals surface area contributed by atoms with Gasteiger partial charge in [-0.2, -0.15) is 0 Å². The third-order valence-corrected chi connectivity index (χ3v) is 3.26. The van der Waals surface area contributed by atoms with Crippen molar-refractivity contribution in [2.75, 3.05) is 26.8 Å². The number of methoxy groups -OCH3 is 1. The molecule has 0 aliphatic rings. The molecule has 0 atom stereocenters. The molecule has 0 saturated heterocycles. The minimum absolute atomic E-state index is 0.796. The second-order valence-electron chi connectivity index (χ2n) is 3.79. The molecule has 1 aromatic rings. The largest absolute Gasteiger partial charge is 0.383 e. The summed E-state index contributed by atoms with van der Waals surface area (Å²) in [6.07, 6.45) is 3.58. The number of ether oxygens (including phenoxy) is 1. The van der Waals surface area contributed by atoms with Crippen molar-refractivity contribution in [3.05, 3.63) is 34.3 Å². The standard InChI is InChI=1S/C13H20BrNO/c1-16-11-10-15-9-5-4-7-12-6-2-3-8-13(12)14/h2-3,6,8,15H,4-5,7,9-11H2,1H3. The molecule has 1 aromatic carbocycles. The molecule has 1 rings (SSSR count). The van der Waals surface area contributed by atoms with Crippen LogP contribution in [0.15, 0.2) is 28.7 Å². The van der Waals surface area contributed by atoms with Crippen molar-refractivity contribution in [2.45, 2.75) is 19.3 Å². The molecule has 0 spiro atoms. The zero-order valence-electron chi connectivity index (χ0n) is 9.84. The van der Waals surface area contributed by atoms with Crippen LogP contribution in [-0.2, 0) is 11.2 Å². The molecule has 0 saturated carbocycles. The summed E-state index contributed by atoms with van der Waals surface area (Å²) >= 11 is 3.57. The van der Waals surface area contributed by atoms with Crippen LogP contribution in [0.5, 0.6) is 0 Å². The predicted octanol–water partition coefficient (Wildman–Crippen LogP) is 3.01. The fraction of sp³-hybridized carbons (Fsp3) is 0.538. The lowest BCUT2D eigenvalue weighted by molar-refractivity contribution is 0.199. The molecule has 0 radical (unpaired) electrons. The van der Waals surface area contributed by atoms with E-state index in [1.165, 1.54) is 22.9 Å². The summed E-state index contributed by atoms with van der Waals surface area (Å²) in [6, 6.07) is 8.44. The minimum atomic E-state index is 0.796. The SMILES string of the molecule is COCCNCCCCc1ccccc1Br. The number of hydrogen-bond acceptors (Lipinski definition) is 2. The van der Waals surface area contributed by atoms with Crippen molar-refractivity contribution in [1.82, 2.24) is 5.32 Å². The average Bonchev–Trinajstić information content (AvgIpc) is 2.30. The first-order chi connectivity index (χ1) is 7.84. The van der Waals surface area contributed by atoms with Crippen LogP contribution in [0.2, 0.25) is 0 Å². The van der Waals surface area contributed by atoms with Crippen LogP contribution < -0.4 is 5.32 Å². The quantitative estimate of drug-likeness (QED) is 0.742. The van der Waals surface area contributed by atoms with Crippen molar-refractivity contribution in [3.8, 4) is 0 Å². The fourth-order valence-electron chi connectivity index (χ4n) is 1.57. The molecular formula is C13H20BrNO. The number of halogens is 1. The topological polar surface area (TPSA) is 21.3 Å². The molecule has 2 nitrogen and oxygen atoms in total. The van der Waals surface area contributed by atoms with Crippen LogP contribution in [0, 0.1) is 0 Å². The molecule has 0 amide bonds. The molecular weight excluding hydrogens is 266 g/mol. The van der Waals surface area contributed by atoms with Gasteiger partial charge in [-0.15, -0.1) is 0 Å². The van der Waals surface area contributed by atoms with E-state index in [4.69, 9.17) is 4.74 Å². The van der Waals surface area contributed by atoms with Crippen molar-refractivity contribution in [3.63, 3.8) is 0 Å². The van der Waals surface area contributed by atoms with Crippen LogP contribution in [-0.4, -0.2) is 26.8 Å². The lowest BCUT2D eigenvalue weighted by Gasteiger charge is -2.05. The Morgan fingerprint density at radius 1 is 1.19 bits per heavy atom. The van der Waals surface area contributed by atoms with Gasteiger partial charge in [-0.3, -0.25) is 0 Å². The second-order valence-corrected chi connectivity index (χ2v) is 4.65. The number of unbranched alkanes of at least 4 members (excludes halogenated alkanes) is 1. The summed E-state index contributed by atoms with van der Waals surface area (Å²) in [5, 5.41) is 3.35. The normalized spacial score (nSPS) is 10.6. The summed E-state index contributed by atoms with van der Waals surface area (Å²) in [5.74, 6) is 0. The van der Waals surface area contributed by atoms with Gasteiger partial charge < -0.3 is 10.1 Å². The van der Waals surface area contributed by atoms with Crippen LogP contribution in [0.25, 0.3) is 0 Å². The molecule has 0 aliphatic carbocycles. The van der Waals surface area contributed by atoms with E-state index >= 15 is 0 Å². The molecule has 90 valence electrons. The average molecular weight is 286 g/mol. The summed E-state index contributed by atoms with van der Waals surface area (Å²) < 4.78 is 6.19.